The van der Waals surface area contributed by atoms with Crippen LogP contribution in [0.1, 0.15) is 65.2 Å². The minimum atomic E-state index is 0.456. The predicted molar refractivity (Wildman–Crippen MR) is 103 cm³/mol. The quantitative estimate of drug-likeness (QED) is 0.151. The second-order valence-electron chi connectivity index (χ2n) is 6.15. The number of hydrogen-bond acceptors (Lipinski definition) is 6. The summed E-state index contributed by atoms with van der Waals surface area (Å²) < 4.78 is 21.3. The van der Waals surface area contributed by atoms with Crippen LogP contribution < -0.4 is 0 Å². The Morgan fingerprint density at radius 2 is 0.808 bits per heavy atom. The summed E-state index contributed by atoms with van der Waals surface area (Å²) in [7, 11) is 0. The van der Waals surface area contributed by atoms with Crippen LogP contribution in [-0.2, 0) is 28.7 Å². The van der Waals surface area contributed by atoms with Gasteiger partial charge in [0.2, 0.25) is 0 Å². The van der Waals surface area contributed by atoms with E-state index in [1.54, 1.807) is 0 Å². The number of rotatable bonds is 23. The second kappa shape index (κ2) is 24.8. The van der Waals surface area contributed by atoms with Crippen LogP contribution in [-0.4, -0.2) is 66.1 Å². The Kier molecular flexibility index (Phi) is 24.5. The molecule has 0 fully saturated rings. The highest BCUT2D eigenvalue weighted by Crippen LogP contribution is 2.08. The molecule has 0 aromatic carbocycles. The van der Waals surface area contributed by atoms with E-state index < -0.39 is 0 Å². The summed E-state index contributed by atoms with van der Waals surface area (Å²) in [5.41, 5.74) is 0. The molecule has 0 radical (unpaired) electrons. The van der Waals surface area contributed by atoms with Crippen LogP contribution >= 0.6 is 0 Å². The van der Waals surface area contributed by atoms with Crippen LogP contribution in [0.4, 0.5) is 0 Å². The fourth-order valence-electron chi connectivity index (χ4n) is 2.31. The Morgan fingerprint density at radius 3 is 1.35 bits per heavy atom. The van der Waals surface area contributed by atoms with Crippen molar-refractivity contribution in [3.05, 3.63) is 0 Å². The van der Waals surface area contributed by atoms with Crippen molar-refractivity contribution in [3.63, 3.8) is 0 Å². The lowest BCUT2D eigenvalue weighted by Crippen LogP contribution is -2.13. The van der Waals surface area contributed by atoms with Gasteiger partial charge in [-0.3, -0.25) is 0 Å². The monoisotopic (exact) mass is 378 g/mol. The van der Waals surface area contributed by atoms with E-state index in [0.29, 0.717) is 59.5 Å². The van der Waals surface area contributed by atoms with E-state index in [-0.39, 0.29) is 0 Å². The fourth-order valence-corrected chi connectivity index (χ4v) is 2.31. The maximum Gasteiger partial charge on any atom is 0.106 e. The zero-order valence-electron chi connectivity index (χ0n) is 17.2. The van der Waals surface area contributed by atoms with Gasteiger partial charge in [-0.05, 0) is 13.3 Å². The first-order chi connectivity index (χ1) is 12.9. The number of ether oxygens (including phenoxy) is 4. The Morgan fingerprint density at radius 1 is 0.385 bits per heavy atom. The summed E-state index contributed by atoms with van der Waals surface area (Å²) in [5.74, 6) is 0. The van der Waals surface area contributed by atoms with Gasteiger partial charge in [-0.2, -0.15) is 0 Å². The average Bonchev–Trinajstić information content (AvgIpc) is 2.66. The highest BCUT2D eigenvalue weighted by Gasteiger charge is 1.95. The van der Waals surface area contributed by atoms with E-state index in [1.165, 1.54) is 44.9 Å². The minimum absolute atomic E-state index is 0.456. The molecule has 0 saturated heterocycles. The molecule has 0 saturated carbocycles. The first-order valence-corrected chi connectivity index (χ1v) is 10.5. The molecule has 0 bridgehead atoms. The van der Waals surface area contributed by atoms with Gasteiger partial charge in [-0.15, -0.1) is 0 Å². The van der Waals surface area contributed by atoms with Crippen LogP contribution in [0, 0.1) is 0 Å². The van der Waals surface area contributed by atoms with Gasteiger partial charge in [-0.25, -0.2) is 9.78 Å². The third kappa shape index (κ3) is 23.8. The zero-order chi connectivity index (χ0) is 19.0. The van der Waals surface area contributed by atoms with E-state index in [0.717, 1.165) is 13.0 Å². The Bertz CT molecular complexity index is 216. The molecular weight excluding hydrogens is 336 g/mol. The molecule has 0 rings (SSSR count). The van der Waals surface area contributed by atoms with Gasteiger partial charge >= 0.3 is 0 Å². The topological polar surface area (TPSA) is 55.4 Å². The van der Waals surface area contributed by atoms with Gasteiger partial charge < -0.3 is 18.9 Å². The minimum Gasteiger partial charge on any atom is -0.379 e. The molecule has 0 spiro atoms. The van der Waals surface area contributed by atoms with Crippen LogP contribution in [0.15, 0.2) is 0 Å². The van der Waals surface area contributed by atoms with Gasteiger partial charge in [0, 0.05) is 6.61 Å². The molecule has 0 unspecified atom stereocenters. The maximum absolute atomic E-state index is 5.39. The molecule has 6 nitrogen and oxygen atoms in total. The smallest absolute Gasteiger partial charge is 0.106 e. The van der Waals surface area contributed by atoms with Crippen LogP contribution in [0.5, 0.6) is 0 Å². The summed E-state index contributed by atoms with van der Waals surface area (Å²) in [4.78, 5) is 10.2. The fraction of sp³-hybridized carbons (Fsp3) is 1.00. The molecule has 6 heteroatoms. The first kappa shape index (κ1) is 25.8. The number of unbranched alkanes of at least 4 members (excludes halogenated alkanes) is 7. The molecule has 0 heterocycles. The molecular formula is C20H42O6. The van der Waals surface area contributed by atoms with Crippen molar-refractivity contribution in [2.24, 2.45) is 0 Å². The Hall–Kier alpha value is -0.240. The lowest BCUT2D eigenvalue weighted by molar-refractivity contribution is -0.299. The SMILES string of the molecule is CCCCCCCCCCOOCCOCCOCCOCCOCC. The predicted octanol–water partition coefficient (Wildman–Crippen LogP) is 4.16. The molecule has 0 aliphatic rings. The second-order valence-corrected chi connectivity index (χ2v) is 6.15. The van der Waals surface area contributed by atoms with Gasteiger partial charge in [0.05, 0.1) is 52.9 Å². The third-order valence-corrected chi connectivity index (χ3v) is 3.80. The molecule has 0 atom stereocenters. The van der Waals surface area contributed by atoms with Crippen molar-refractivity contribution in [2.45, 2.75) is 65.2 Å². The number of hydrogen-bond donors (Lipinski definition) is 0. The normalized spacial score (nSPS) is 11.3. The van der Waals surface area contributed by atoms with Gasteiger partial charge in [-0.1, -0.05) is 51.9 Å². The van der Waals surface area contributed by atoms with Crippen molar-refractivity contribution in [2.75, 3.05) is 66.1 Å². The Balaban J connectivity index is 2.95. The molecule has 0 aromatic heterocycles. The third-order valence-electron chi connectivity index (χ3n) is 3.80. The van der Waals surface area contributed by atoms with Gasteiger partial charge in [0.25, 0.3) is 0 Å². The van der Waals surface area contributed by atoms with Gasteiger partial charge in [0.15, 0.2) is 0 Å². The summed E-state index contributed by atoms with van der Waals surface area (Å²) in [6, 6.07) is 0. The molecule has 0 N–H and O–H groups in total. The van der Waals surface area contributed by atoms with Crippen LogP contribution in [0.25, 0.3) is 0 Å². The molecule has 158 valence electrons. The molecule has 0 aliphatic heterocycles. The summed E-state index contributed by atoms with van der Waals surface area (Å²) in [6.07, 6.45) is 10.4. The summed E-state index contributed by atoms with van der Waals surface area (Å²) >= 11 is 0. The summed E-state index contributed by atoms with van der Waals surface area (Å²) in [5, 5.41) is 0. The van der Waals surface area contributed by atoms with E-state index in [1.807, 2.05) is 6.92 Å². The van der Waals surface area contributed by atoms with Crippen molar-refractivity contribution < 1.29 is 28.7 Å². The zero-order valence-corrected chi connectivity index (χ0v) is 17.2. The Labute approximate surface area is 160 Å². The maximum atomic E-state index is 5.39. The molecule has 0 aliphatic carbocycles. The van der Waals surface area contributed by atoms with Crippen LogP contribution in [0.3, 0.4) is 0 Å². The van der Waals surface area contributed by atoms with E-state index in [2.05, 4.69) is 6.92 Å². The molecule has 0 amide bonds. The van der Waals surface area contributed by atoms with E-state index in [4.69, 9.17) is 28.7 Å². The van der Waals surface area contributed by atoms with Crippen molar-refractivity contribution in [1.82, 2.24) is 0 Å². The van der Waals surface area contributed by atoms with Crippen molar-refractivity contribution >= 4 is 0 Å². The standard InChI is InChI=1S/C20H42O6/c1-3-5-6-7-8-9-10-11-12-25-26-20-19-24-18-17-23-16-15-22-14-13-21-4-2/h3-20H2,1-2H3. The largest absolute Gasteiger partial charge is 0.379 e. The highest BCUT2D eigenvalue weighted by molar-refractivity contribution is 4.45. The summed E-state index contributed by atoms with van der Waals surface area (Å²) in [6.45, 7) is 10.1. The molecule has 26 heavy (non-hydrogen) atoms. The lowest BCUT2D eigenvalue weighted by atomic mass is 10.1. The van der Waals surface area contributed by atoms with E-state index in [9.17, 15) is 0 Å². The van der Waals surface area contributed by atoms with E-state index >= 15 is 0 Å². The highest BCUT2D eigenvalue weighted by atomic mass is 17.2. The van der Waals surface area contributed by atoms with Crippen molar-refractivity contribution in [3.8, 4) is 0 Å². The van der Waals surface area contributed by atoms with Crippen molar-refractivity contribution in [1.29, 1.82) is 0 Å². The lowest BCUT2D eigenvalue weighted by Gasteiger charge is -2.07. The van der Waals surface area contributed by atoms with Gasteiger partial charge in [0.1, 0.15) is 6.61 Å². The van der Waals surface area contributed by atoms with Crippen LogP contribution in [0.2, 0.25) is 0 Å². The first-order valence-electron chi connectivity index (χ1n) is 10.5. The average molecular weight is 379 g/mol. The molecule has 0 aromatic rings.